The monoisotopic (exact) mass is 373 g/mol. The summed E-state index contributed by atoms with van der Waals surface area (Å²) >= 11 is 9.39. The Bertz CT molecular complexity index is 644. The van der Waals surface area contributed by atoms with Crippen molar-refractivity contribution in [2.24, 2.45) is 0 Å². The van der Waals surface area contributed by atoms with Crippen molar-refractivity contribution in [3.8, 4) is 0 Å². The summed E-state index contributed by atoms with van der Waals surface area (Å²) in [5, 5.41) is 2.83. The third-order valence-electron chi connectivity index (χ3n) is 3.22. The first kappa shape index (κ1) is 16.3. The van der Waals surface area contributed by atoms with Crippen LogP contribution in [0.15, 0.2) is 22.7 Å². The van der Waals surface area contributed by atoms with Crippen LogP contribution in [0.1, 0.15) is 18.8 Å². The number of fused-ring (bicyclic) bond motifs is 1. The van der Waals surface area contributed by atoms with Crippen molar-refractivity contribution in [2.45, 2.75) is 18.8 Å². The Kier molecular flexibility index (Phi) is 5.61. The fraction of sp³-hybridized carbons (Fsp3) is 0.429. The number of nitrogens with zero attached hydrogens (tertiary/aromatic N) is 2. The number of aromatic nitrogens is 2. The third kappa shape index (κ3) is 3.56. The molecule has 0 aliphatic heterocycles. The molecule has 1 N–H and O–H groups in total. The van der Waals surface area contributed by atoms with E-state index in [1.54, 1.807) is 7.11 Å². The molecule has 1 atom stereocenters. The van der Waals surface area contributed by atoms with E-state index in [2.05, 4.69) is 26.2 Å². The number of methoxy groups -OCH3 is 1. The predicted octanol–water partition coefficient (Wildman–Crippen LogP) is 2.86. The number of imidazole rings is 1. The van der Waals surface area contributed by atoms with Gasteiger partial charge in [0.25, 0.3) is 0 Å². The first-order valence-electron chi connectivity index (χ1n) is 6.57. The Balaban J connectivity index is 2.33. The molecule has 1 unspecified atom stereocenters. The van der Waals surface area contributed by atoms with E-state index in [9.17, 15) is 4.79 Å². The van der Waals surface area contributed by atoms with Crippen LogP contribution in [-0.2, 0) is 15.4 Å². The van der Waals surface area contributed by atoms with Crippen molar-refractivity contribution in [1.29, 1.82) is 0 Å². The summed E-state index contributed by atoms with van der Waals surface area (Å²) in [6.45, 7) is 2.80. The lowest BCUT2D eigenvalue weighted by atomic mass is 10.2. The second-order valence-electron chi connectivity index (χ2n) is 4.62. The normalized spacial score (nSPS) is 12.6. The second-order valence-corrected chi connectivity index (χ2v) is 5.81. The molecule has 0 aliphatic rings. The number of alkyl halides is 1. The van der Waals surface area contributed by atoms with Crippen LogP contribution in [0.4, 0.5) is 0 Å². The molecule has 1 amide bonds. The van der Waals surface area contributed by atoms with Gasteiger partial charge in [0.05, 0.1) is 23.5 Å². The molecule has 2 aromatic rings. The molecule has 5 nitrogen and oxygen atoms in total. The standard InChI is InChI=1S/C14H17BrClN3O2/c1-9(14(20)17-5-6-21-2)19-12-4-3-10(15)7-11(12)18-13(19)8-16/h3-4,7,9H,5-6,8H2,1-2H3,(H,17,20). The highest BCUT2D eigenvalue weighted by molar-refractivity contribution is 9.10. The summed E-state index contributed by atoms with van der Waals surface area (Å²) in [4.78, 5) is 16.7. The molecule has 21 heavy (non-hydrogen) atoms. The molecular formula is C14H17BrClN3O2. The van der Waals surface area contributed by atoms with Crippen LogP contribution >= 0.6 is 27.5 Å². The van der Waals surface area contributed by atoms with E-state index in [1.165, 1.54) is 0 Å². The summed E-state index contributed by atoms with van der Waals surface area (Å²) in [7, 11) is 1.60. The van der Waals surface area contributed by atoms with E-state index >= 15 is 0 Å². The summed E-state index contributed by atoms with van der Waals surface area (Å²) in [6, 6.07) is 5.38. The zero-order valence-corrected chi connectivity index (χ0v) is 14.2. The molecular weight excluding hydrogens is 358 g/mol. The number of hydrogen-bond acceptors (Lipinski definition) is 3. The molecule has 0 spiro atoms. The van der Waals surface area contributed by atoms with Crippen LogP contribution in [0.3, 0.4) is 0 Å². The van der Waals surface area contributed by atoms with Gasteiger partial charge in [-0.15, -0.1) is 11.6 Å². The number of rotatable bonds is 6. The van der Waals surface area contributed by atoms with E-state index in [4.69, 9.17) is 16.3 Å². The van der Waals surface area contributed by atoms with Crippen LogP contribution in [0.25, 0.3) is 11.0 Å². The van der Waals surface area contributed by atoms with E-state index < -0.39 is 0 Å². The zero-order valence-electron chi connectivity index (χ0n) is 11.9. The highest BCUT2D eigenvalue weighted by Crippen LogP contribution is 2.25. The molecule has 0 saturated heterocycles. The average molecular weight is 375 g/mol. The van der Waals surface area contributed by atoms with Gasteiger partial charge < -0.3 is 14.6 Å². The molecule has 1 aromatic heterocycles. The Morgan fingerprint density at radius 3 is 3.00 bits per heavy atom. The fourth-order valence-electron chi connectivity index (χ4n) is 2.19. The van der Waals surface area contributed by atoms with Crippen molar-refractivity contribution in [3.05, 3.63) is 28.5 Å². The van der Waals surface area contributed by atoms with E-state index in [0.717, 1.165) is 15.5 Å². The maximum Gasteiger partial charge on any atom is 0.242 e. The summed E-state index contributed by atoms with van der Waals surface area (Å²) in [5.74, 6) is 0.849. The summed E-state index contributed by atoms with van der Waals surface area (Å²) < 4.78 is 7.75. The fourth-order valence-corrected chi connectivity index (χ4v) is 2.73. The molecule has 0 bridgehead atoms. The Morgan fingerprint density at radius 1 is 1.57 bits per heavy atom. The van der Waals surface area contributed by atoms with Gasteiger partial charge in [-0.05, 0) is 25.1 Å². The van der Waals surface area contributed by atoms with Gasteiger partial charge in [0.15, 0.2) is 0 Å². The van der Waals surface area contributed by atoms with Crippen LogP contribution in [0, 0.1) is 0 Å². The van der Waals surface area contributed by atoms with Crippen molar-refractivity contribution < 1.29 is 9.53 Å². The van der Waals surface area contributed by atoms with Gasteiger partial charge in [-0.3, -0.25) is 4.79 Å². The number of amides is 1. The van der Waals surface area contributed by atoms with Crippen LogP contribution in [0.2, 0.25) is 0 Å². The van der Waals surface area contributed by atoms with Crippen molar-refractivity contribution in [3.63, 3.8) is 0 Å². The third-order valence-corrected chi connectivity index (χ3v) is 3.95. The predicted molar refractivity (Wildman–Crippen MR) is 86.6 cm³/mol. The molecule has 0 radical (unpaired) electrons. The van der Waals surface area contributed by atoms with Crippen LogP contribution in [-0.4, -0.2) is 35.7 Å². The SMILES string of the molecule is COCCNC(=O)C(C)n1c(CCl)nc2cc(Br)ccc21. The number of carbonyl (C=O) groups excluding carboxylic acids is 1. The molecule has 114 valence electrons. The Labute approximate surface area is 136 Å². The lowest BCUT2D eigenvalue weighted by Gasteiger charge is -2.16. The van der Waals surface area contributed by atoms with Gasteiger partial charge in [0.1, 0.15) is 11.9 Å². The van der Waals surface area contributed by atoms with Crippen LogP contribution < -0.4 is 5.32 Å². The van der Waals surface area contributed by atoms with Gasteiger partial charge in [-0.1, -0.05) is 15.9 Å². The number of carbonyl (C=O) groups is 1. The zero-order chi connectivity index (χ0) is 15.4. The van der Waals surface area contributed by atoms with Crippen LogP contribution in [0.5, 0.6) is 0 Å². The molecule has 7 heteroatoms. The molecule has 0 aliphatic carbocycles. The van der Waals surface area contributed by atoms with Gasteiger partial charge in [-0.25, -0.2) is 4.98 Å². The first-order valence-corrected chi connectivity index (χ1v) is 7.90. The van der Waals surface area contributed by atoms with Gasteiger partial charge in [0, 0.05) is 18.1 Å². The van der Waals surface area contributed by atoms with E-state index in [0.29, 0.717) is 19.0 Å². The van der Waals surface area contributed by atoms with Crippen molar-refractivity contribution in [2.75, 3.05) is 20.3 Å². The molecule has 0 fully saturated rings. The molecule has 1 heterocycles. The number of benzene rings is 1. The molecule has 0 saturated carbocycles. The van der Waals surface area contributed by atoms with Gasteiger partial charge in [-0.2, -0.15) is 0 Å². The number of halogens is 2. The average Bonchev–Trinajstić information content (AvgIpc) is 2.83. The topological polar surface area (TPSA) is 56.1 Å². The minimum Gasteiger partial charge on any atom is -0.383 e. The number of hydrogen-bond donors (Lipinski definition) is 1. The van der Waals surface area contributed by atoms with Gasteiger partial charge in [0.2, 0.25) is 5.91 Å². The highest BCUT2D eigenvalue weighted by Gasteiger charge is 2.20. The minimum absolute atomic E-state index is 0.0827. The molecule has 1 aromatic carbocycles. The lowest BCUT2D eigenvalue weighted by Crippen LogP contribution is -2.33. The Morgan fingerprint density at radius 2 is 2.33 bits per heavy atom. The smallest absolute Gasteiger partial charge is 0.242 e. The maximum absolute atomic E-state index is 12.2. The summed E-state index contributed by atoms with van der Waals surface area (Å²) in [5.41, 5.74) is 1.71. The van der Waals surface area contributed by atoms with Crippen molar-refractivity contribution in [1.82, 2.24) is 14.9 Å². The van der Waals surface area contributed by atoms with E-state index in [1.807, 2.05) is 29.7 Å². The maximum atomic E-state index is 12.2. The minimum atomic E-state index is -0.387. The highest BCUT2D eigenvalue weighted by atomic mass is 79.9. The van der Waals surface area contributed by atoms with Crippen molar-refractivity contribution >= 4 is 44.5 Å². The lowest BCUT2D eigenvalue weighted by molar-refractivity contribution is -0.124. The quantitative estimate of drug-likeness (QED) is 0.625. The second kappa shape index (κ2) is 7.24. The Hall–Kier alpha value is -1.11. The summed E-state index contributed by atoms with van der Waals surface area (Å²) in [6.07, 6.45) is 0. The largest absolute Gasteiger partial charge is 0.383 e. The molecule has 2 rings (SSSR count). The number of ether oxygens (including phenoxy) is 1. The van der Waals surface area contributed by atoms with Gasteiger partial charge >= 0.3 is 0 Å². The number of nitrogens with one attached hydrogen (secondary N) is 1. The first-order chi connectivity index (χ1) is 10.1. The van der Waals surface area contributed by atoms with E-state index in [-0.39, 0.29) is 17.8 Å².